The molecule has 4 N–H and O–H groups in total. The molecule has 1 aromatic rings. The third kappa shape index (κ3) is 4.97. The molecule has 1 aromatic carbocycles. The molecule has 0 saturated heterocycles. The average molecular weight is 322 g/mol. The largest absolute Gasteiger partial charge is 0.398 e. The summed E-state index contributed by atoms with van der Waals surface area (Å²) >= 11 is 5.73. The summed E-state index contributed by atoms with van der Waals surface area (Å²) in [6.07, 6.45) is 0. The molecule has 0 fully saturated rings. The maximum absolute atomic E-state index is 12.0. The molecule has 1 rings (SSSR count). The number of anilines is 1. The zero-order valence-electron chi connectivity index (χ0n) is 10.8. The summed E-state index contributed by atoms with van der Waals surface area (Å²) in [5.74, 6) is -0.466. The van der Waals surface area contributed by atoms with E-state index >= 15 is 0 Å². The lowest BCUT2D eigenvalue weighted by atomic mass is 10.3. The second-order valence-corrected chi connectivity index (χ2v) is 6.02. The van der Waals surface area contributed by atoms with Crippen molar-refractivity contribution in [3.05, 3.63) is 23.2 Å². The highest BCUT2D eigenvalue weighted by Crippen LogP contribution is 2.22. The number of nitrogens with two attached hydrogens (primary N) is 1. The van der Waals surface area contributed by atoms with Gasteiger partial charge in [0.15, 0.2) is 0 Å². The van der Waals surface area contributed by atoms with Crippen LogP contribution in [0.25, 0.3) is 0 Å². The number of hydrogen-bond donors (Lipinski definition) is 3. The number of nitrogen functional groups attached to an aromatic ring is 1. The fourth-order valence-electron chi connectivity index (χ4n) is 1.33. The number of ether oxygens (including phenoxy) is 1. The SMILES string of the molecule is COCCNC(=O)CNS(=O)(=O)c1cc(Cl)ccc1N. The normalized spacial score (nSPS) is 11.3. The van der Waals surface area contributed by atoms with Crippen LogP contribution in [0, 0.1) is 0 Å². The Morgan fingerprint density at radius 2 is 2.15 bits per heavy atom. The Hall–Kier alpha value is -1.35. The summed E-state index contributed by atoms with van der Waals surface area (Å²) in [5, 5.41) is 2.73. The summed E-state index contributed by atoms with van der Waals surface area (Å²) in [5.41, 5.74) is 5.64. The van der Waals surface area contributed by atoms with E-state index in [1.165, 1.54) is 25.3 Å². The standard InChI is InChI=1S/C11H16ClN3O4S/c1-19-5-4-14-11(16)7-15-20(17,18)10-6-8(12)2-3-9(10)13/h2-3,6,15H,4-5,7,13H2,1H3,(H,14,16). The zero-order chi connectivity index (χ0) is 15.2. The second-order valence-electron chi connectivity index (χ2n) is 3.85. The van der Waals surface area contributed by atoms with Crippen molar-refractivity contribution in [3.8, 4) is 0 Å². The van der Waals surface area contributed by atoms with Gasteiger partial charge in [0.05, 0.1) is 18.8 Å². The number of benzene rings is 1. The summed E-state index contributed by atoms with van der Waals surface area (Å²) in [6, 6.07) is 4.09. The van der Waals surface area contributed by atoms with E-state index < -0.39 is 22.5 Å². The van der Waals surface area contributed by atoms with Crippen LogP contribution in [0.15, 0.2) is 23.1 Å². The second kappa shape index (κ2) is 7.44. The molecule has 7 nitrogen and oxygen atoms in total. The summed E-state index contributed by atoms with van der Waals surface area (Å²) < 4.78 is 30.9. The molecule has 0 aliphatic carbocycles. The van der Waals surface area contributed by atoms with Gasteiger partial charge >= 0.3 is 0 Å². The van der Waals surface area contributed by atoms with Crippen LogP contribution >= 0.6 is 11.6 Å². The molecule has 0 aliphatic rings. The predicted molar refractivity (Wildman–Crippen MR) is 75.9 cm³/mol. The van der Waals surface area contributed by atoms with Crippen molar-refractivity contribution < 1.29 is 17.9 Å². The van der Waals surface area contributed by atoms with Crippen molar-refractivity contribution in [2.24, 2.45) is 0 Å². The smallest absolute Gasteiger partial charge is 0.243 e. The van der Waals surface area contributed by atoms with E-state index in [4.69, 9.17) is 22.1 Å². The summed E-state index contributed by atoms with van der Waals surface area (Å²) in [4.78, 5) is 11.2. The predicted octanol–water partition coefficient (Wildman–Crippen LogP) is -0.0369. The lowest BCUT2D eigenvalue weighted by Crippen LogP contribution is -2.38. The van der Waals surface area contributed by atoms with E-state index in [0.29, 0.717) is 13.2 Å². The van der Waals surface area contributed by atoms with E-state index in [0.717, 1.165) is 0 Å². The van der Waals surface area contributed by atoms with E-state index in [1.54, 1.807) is 0 Å². The number of sulfonamides is 1. The minimum Gasteiger partial charge on any atom is -0.398 e. The minimum absolute atomic E-state index is 0.0571. The van der Waals surface area contributed by atoms with Crippen LogP contribution in [0.1, 0.15) is 0 Å². The van der Waals surface area contributed by atoms with Crippen LogP contribution in [0.4, 0.5) is 5.69 Å². The third-order valence-electron chi connectivity index (χ3n) is 2.32. The molecular formula is C11H16ClN3O4S. The van der Waals surface area contributed by atoms with Gasteiger partial charge in [-0.2, -0.15) is 0 Å². The average Bonchev–Trinajstić information content (AvgIpc) is 2.39. The first-order chi connectivity index (χ1) is 9.36. The van der Waals surface area contributed by atoms with Crippen molar-refractivity contribution in [1.29, 1.82) is 0 Å². The van der Waals surface area contributed by atoms with Crippen LogP contribution in [0.5, 0.6) is 0 Å². The number of rotatable bonds is 7. The minimum atomic E-state index is -3.89. The van der Waals surface area contributed by atoms with E-state index in [-0.39, 0.29) is 15.6 Å². The van der Waals surface area contributed by atoms with Gasteiger partial charge in [-0.3, -0.25) is 4.79 Å². The van der Waals surface area contributed by atoms with Crippen LogP contribution in [-0.2, 0) is 19.6 Å². The van der Waals surface area contributed by atoms with Crippen LogP contribution in [0.2, 0.25) is 5.02 Å². The summed E-state index contributed by atoms with van der Waals surface area (Å²) in [7, 11) is -2.39. The molecule has 0 aliphatic heterocycles. The molecule has 20 heavy (non-hydrogen) atoms. The molecule has 0 aromatic heterocycles. The van der Waals surface area contributed by atoms with Crippen molar-refractivity contribution >= 4 is 33.2 Å². The van der Waals surface area contributed by atoms with Gasteiger partial charge in [0, 0.05) is 18.7 Å². The Morgan fingerprint density at radius 1 is 1.45 bits per heavy atom. The molecule has 0 bridgehead atoms. The highest BCUT2D eigenvalue weighted by molar-refractivity contribution is 7.89. The molecular weight excluding hydrogens is 306 g/mol. The number of methoxy groups -OCH3 is 1. The van der Waals surface area contributed by atoms with Gasteiger partial charge in [-0.05, 0) is 18.2 Å². The van der Waals surface area contributed by atoms with Gasteiger partial charge in [-0.15, -0.1) is 0 Å². The molecule has 0 heterocycles. The molecule has 0 atom stereocenters. The van der Waals surface area contributed by atoms with Gasteiger partial charge in [0.2, 0.25) is 15.9 Å². The first-order valence-electron chi connectivity index (χ1n) is 5.67. The first kappa shape index (κ1) is 16.7. The molecule has 1 amide bonds. The Labute approximate surface area is 122 Å². The van der Waals surface area contributed by atoms with Gasteiger partial charge in [-0.25, -0.2) is 13.1 Å². The molecule has 0 saturated carbocycles. The number of carbonyl (C=O) groups excluding carboxylic acids is 1. The van der Waals surface area contributed by atoms with Gasteiger partial charge in [0.1, 0.15) is 4.90 Å². The Kier molecular flexibility index (Phi) is 6.21. The topological polar surface area (TPSA) is 111 Å². The molecule has 0 radical (unpaired) electrons. The van der Waals surface area contributed by atoms with E-state index in [2.05, 4.69) is 10.0 Å². The van der Waals surface area contributed by atoms with E-state index in [9.17, 15) is 13.2 Å². The van der Waals surface area contributed by atoms with Crippen molar-refractivity contribution in [2.45, 2.75) is 4.90 Å². The third-order valence-corrected chi connectivity index (χ3v) is 4.01. The lowest BCUT2D eigenvalue weighted by molar-refractivity contribution is -0.120. The molecule has 112 valence electrons. The lowest BCUT2D eigenvalue weighted by Gasteiger charge is -2.09. The highest BCUT2D eigenvalue weighted by atomic mass is 35.5. The Balaban J connectivity index is 2.66. The van der Waals surface area contributed by atoms with Crippen molar-refractivity contribution in [3.63, 3.8) is 0 Å². The Morgan fingerprint density at radius 3 is 2.80 bits per heavy atom. The van der Waals surface area contributed by atoms with E-state index in [1.807, 2.05) is 0 Å². The highest BCUT2D eigenvalue weighted by Gasteiger charge is 2.18. The quantitative estimate of drug-likeness (QED) is 0.482. The Bertz CT molecular complexity index is 577. The maximum Gasteiger partial charge on any atom is 0.243 e. The zero-order valence-corrected chi connectivity index (χ0v) is 12.4. The molecule has 0 unspecified atom stereocenters. The number of halogens is 1. The van der Waals surface area contributed by atoms with Crippen LogP contribution in [-0.4, -0.2) is 41.1 Å². The summed E-state index contributed by atoms with van der Waals surface area (Å²) in [6.45, 7) is 0.258. The van der Waals surface area contributed by atoms with Gasteiger partial charge in [0.25, 0.3) is 0 Å². The van der Waals surface area contributed by atoms with Crippen molar-refractivity contribution in [1.82, 2.24) is 10.0 Å². The first-order valence-corrected chi connectivity index (χ1v) is 7.53. The fourth-order valence-corrected chi connectivity index (χ4v) is 2.71. The number of nitrogens with one attached hydrogen (secondary N) is 2. The molecule has 0 spiro atoms. The van der Waals surface area contributed by atoms with Crippen LogP contribution in [0.3, 0.4) is 0 Å². The van der Waals surface area contributed by atoms with Gasteiger partial charge in [-0.1, -0.05) is 11.6 Å². The molecule has 9 heteroatoms. The maximum atomic E-state index is 12.0. The number of amides is 1. The fraction of sp³-hybridized carbons (Fsp3) is 0.364. The number of hydrogen-bond acceptors (Lipinski definition) is 5. The number of carbonyl (C=O) groups is 1. The van der Waals surface area contributed by atoms with Crippen LogP contribution < -0.4 is 15.8 Å². The van der Waals surface area contributed by atoms with Gasteiger partial charge < -0.3 is 15.8 Å². The van der Waals surface area contributed by atoms with Crippen molar-refractivity contribution in [2.75, 3.05) is 32.5 Å². The monoisotopic (exact) mass is 321 g/mol.